The number of halogens is 1. The van der Waals surface area contributed by atoms with Crippen molar-refractivity contribution < 1.29 is 23.9 Å². The number of amides is 2. The van der Waals surface area contributed by atoms with Crippen LogP contribution in [0.25, 0.3) is 6.08 Å². The van der Waals surface area contributed by atoms with E-state index in [1.807, 2.05) is 12.1 Å². The number of rotatable bonds is 5. The van der Waals surface area contributed by atoms with Crippen LogP contribution >= 0.6 is 11.6 Å². The second-order valence-corrected chi connectivity index (χ2v) is 7.25. The van der Waals surface area contributed by atoms with E-state index in [9.17, 15) is 14.4 Å². The molecular weight excluding hydrogens is 420 g/mol. The van der Waals surface area contributed by atoms with Gasteiger partial charge in [0.05, 0.1) is 6.61 Å². The number of carbonyl (C=O) groups is 3. The molecule has 1 fully saturated rings. The highest BCUT2D eigenvalue weighted by atomic mass is 35.5. The van der Waals surface area contributed by atoms with Gasteiger partial charge in [-0.2, -0.15) is 0 Å². The van der Waals surface area contributed by atoms with Crippen LogP contribution in [0.5, 0.6) is 5.75 Å². The molecule has 2 aromatic carbocycles. The van der Waals surface area contributed by atoms with Crippen LogP contribution in [-0.2, 0) is 9.53 Å². The van der Waals surface area contributed by atoms with E-state index in [4.69, 9.17) is 21.1 Å². The molecule has 0 aliphatic carbocycles. The predicted octanol–water partition coefficient (Wildman–Crippen LogP) is 3.87. The maximum absolute atomic E-state index is 12.7. The minimum Gasteiger partial charge on any atom is -0.434 e. The molecule has 31 heavy (non-hydrogen) atoms. The molecule has 0 atom stereocenters. The lowest BCUT2D eigenvalue weighted by molar-refractivity contribution is -0.127. The fourth-order valence-corrected chi connectivity index (χ4v) is 3.30. The summed E-state index contributed by atoms with van der Waals surface area (Å²) in [7, 11) is 0. The van der Waals surface area contributed by atoms with E-state index in [0.717, 1.165) is 5.56 Å². The third-order valence-electron chi connectivity index (χ3n) is 4.71. The number of hydrogen-bond donors (Lipinski definition) is 0. The molecule has 0 N–H and O–H groups in total. The van der Waals surface area contributed by atoms with Gasteiger partial charge in [0.15, 0.2) is 0 Å². The zero-order chi connectivity index (χ0) is 22.2. The van der Waals surface area contributed by atoms with E-state index in [0.29, 0.717) is 42.5 Å². The molecule has 8 heteroatoms. The first kappa shape index (κ1) is 22.4. The molecule has 0 unspecified atom stereocenters. The fourth-order valence-electron chi connectivity index (χ4n) is 3.10. The fraction of sp³-hybridized carbons (Fsp3) is 0.261. The van der Waals surface area contributed by atoms with E-state index in [2.05, 4.69) is 0 Å². The van der Waals surface area contributed by atoms with E-state index >= 15 is 0 Å². The minimum absolute atomic E-state index is 0.104. The normalized spacial score (nSPS) is 13.9. The van der Waals surface area contributed by atoms with Gasteiger partial charge in [0.2, 0.25) is 5.91 Å². The molecule has 0 aromatic heterocycles. The Morgan fingerprint density at radius 1 is 1.00 bits per heavy atom. The van der Waals surface area contributed by atoms with E-state index in [1.54, 1.807) is 59.2 Å². The third-order valence-corrected chi connectivity index (χ3v) is 4.95. The highest BCUT2D eigenvalue weighted by molar-refractivity contribution is 6.30. The number of piperazine rings is 1. The smallest absolute Gasteiger partial charge is 0.434 e. The van der Waals surface area contributed by atoms with Crippen molar-refractivity contribution in [2.45, 2.75) is 6.92 Å². The average Bonchev–Trinajstić information content (AvgIpc) is 2.78. The topological polar surface area (TPSA) is 76.2 Å². The largest absolute Gasteiger partial charge is 0.513 e. The summed E-state index contributed by atoms with van der Waals surface area (Å²) in [6, 6.07) is 13.5. The molecule has 1 heterocycles. The van der Waals surface area contributed by atoms with Crippen LogP contribution in [0.2, 0.25) is 5.02 Å². The van der Waals surface area contributed by atoms with E-state index in [1.165, 1.54) is 6.08 Å². The molecule has 0 saturated carbocycles. The van der Waals surface area contributed by atoms with Crippen LogP contribution < -0.4 is 4.74 Å². The van der Waals surface area contributed by atoms with Gasteiger partial charge in [-0.25, -0.2) is 4.79 Å². The second-order valence-electron chi connectivity index (χ2n) is 6.82. The summed E-state index contributed by atoms with van der Waals surface area (Å²) in [5.41, 5.74) is 1.34. The van der Waals surface area contributed by atoms with Crippen molar-refractivity contribution in [3.8, 4) is 5.75 Å². The van der Waals surface area contributed by atoms with Gasteiger partial charge in [-0.1, -0.05) is 23.7 Å². The molecule has 0 bridgehead atoms. The van der Waals surface area contributed by atoms with Crippen molar-refractivity contribution in [1.82, 2.24) is 9.80 Å². The number of carbonyl (C=O) groups excluding carboxylic acids is 3. The number of ether oxygens (including phenoxy) is 2. The van der Waals surface area contributed by atoms with Crippen LogP contribution in [0.4, 0.5) is 4.79 Å². The number of benzene rings is 2. The quantitative estimate of drug-likeness (QED) is 0.399. The van der Waals surface area contributed by atoms with Crippen molar-refractivity contribution in [2.24, 2.45) is 0 Å². The Bertz CT molecular complexity index is 966. The Labute approximate surface area is 185 Å². The van der Waals surface area contributed by atoms with Crippen LogP contribution in [0.1, 0.15) is 22.8 Å². The lowest BCUT2D eigenvalue weighted by atomic mass is 10.1. The van der Waals surface area contributed by atoms with Gasteiger partial charge in [-0.3, -0.25) is 9.59 Å². The van der Waals surface area contributed by atoms with Gasteiger partial charge in [0.25, 0.3) is 5.91 Å². The molecular formula is C23H23ClN2O5. The third kappa shape index (κ3) is 6.33. The van der Waals surface area contributed by atoms with Crippen molar-refractivity contribution >= 4 is 35.6 Å². The van der Waals surface area contributed by atoms with Crippen molar-refractivity contribution in [3.05, 3.63) is 70.8 Å². The summed E-state index contributed by atoms with van der Waals surface area (Å²) in [5, 5.41) is 0.613. The van der Waals surface area contributed by atoms with Gasteiger partial charge in [-0.15, -0.1) is 0 Å². The van der Waals surface area contributed by atoms with Crippen LogP contribution in [0, 0.1) is 0 Å². The second kappa shape index (κ2) is 10.6. The first-order valence-corrected chi connectivity index (χ1v) is 10.3. The van der Waals surface area contributed by atoms with Crippen LogP contribution in [0.15, 0.2) is 54.6 Å². The van der Waals surface area contributed by atoms with E-state index in [-0.39, 0.29) is 18.4 Å². The summed E-state index contributed by atoms with van der Waals surface area (Å²) in [5.74, 6) is 0.0636. The summed E-state index contributed by atoms with van der Waals surface area (Å²) in [6.45, 7) is 3.70. The maximum Gasteiger partial charge on any atom is 0.513 e. The molecule has 2 amide bonds. The standard InChI is InChI=1S/C23H23ClN2O5/c1-2-30-23(29)31-20-9-7-18(8-10-20)22(28)26-14-12-25(13-15-26)21(27)11-6-17-4-3-5-19(24)16-17/h3-11,16H,2,12-15H2,1H3/b11-6+. The summed E-state index contributed by atoms with van der Waals surface area (Å²) < 4.78 is 9.71. The Morgan fingerprint density at radius 3 is 2.32 bits per heavy atom. The summed E-state index contributed by atoms with van der Waals surface area (Å²) >= 11 is 5.95. The number of hydrogen-bond acceptors (Lipinski definition) is 5. The predicted molar refractivity (Wildman–Crippen MR) is 117 cm³/mol. The Kier molecular flexibility index (Phi) is 7.67. The molecule has 1 saturated heterocycles. The molecule has 3 rings (SSSR count). The first-order valence-electron chi connectivity index (χ1n) is 9.93. The molecule has 1 aliphatic heterocycles. The molecule has 1 aliphatic rings. The Hall–Kier alpha value is -3.32. The number of nitrogens with zero attached hydrogens (tertiary/aromatic N) is 2. The van der Waals surface area contributed by atoms with Crippen molar-refractivity contribution in [3.63, 3.8) is 0 Å². The lowest BCUT2D eigenvalue weighted by Crippen LogP contribution is -2.50. The molecule has 162 valence electrons. The average molecular weight is 443 g/mol. The Morgan fingerprint density at radius 2 is 1.68 bits per heavy atom. The first-order chi connectivity index (χ1) is 15.0. The van der Waals surface area contributed by atoms with Gasteiger partial charge >= 0.3 is 6.16 Å². The minimum atomic E-state index is -0.785. The van der Waals surface area contributed by atoms with E-state index < -0.39 is 6.16 Å². The van der Waals surface area contributed by atoms with Gasteiger partial charge in [0, 0.05) is 42.8 Å². The zero-order valence-electron chi connectivity index (χ0n) is 17.1. The molecule has 0 radical (unpaired) electrons. The SMILES string of the molecule is CCOC(=O)Oc1ccc(C(=O)N2CCN(C(=O)/C=C/c3cccc(Cl)c3)CC2)cc1. The highest BCUT2D eigenvalue weighted by Gasteiger charge is 2.24. The lowest BCUT2D eigenvalue weighted by Gasteiger charge is -2.34. The molecule has 7 nitrogen and oxygen atoms in total. The maximum atomic E-state index is 12.7. The monoisotopic (exact) mass is 442 g/mol. The van der Waals surface area contributed by atoms with Gasteiger partial charge in [0.1, 0.15) is 5.75 Å². The van der Waals surface area contributed by atoms with Crippen molar-refractivity contribution in [2.75, 3.05) is 32.8 Å². The zero-order valence-corrected chi connectivity index (χ0v) is 17.9. The molecule has 0 spiro atoms. The van der Waals surface area contributed by atoms with Gasteiger partial charge in [-0.05, 0) is 55.0 Å². The van der Waals surface area contributed by atoms with Crippen LogP contribution in [0.3, 0.4) is 0 Å². The van der Waals surface area contributed by atoms with Gasteiger partial charge < -0.3 is 19.3 Å². The van der Waals surface area contributed by atoms with Crippen LogP contribution in [-0.4, -0.2) is 60.6 Å². The summed E-state index contributed by atoms with van der Waals surface area (Å²) in [4.78, 5) is 39.9. The van der Waals surface area contributed by atoms with Crippen molar-refractivity contribution in [1.29, 1.82) is 0 Å². The highest BCUT2D eigenvalue weighted by Crippen LogP contribution is 2.16. The Balaban J connectivity index is 1.51. The summed E-state index contributed by atoms with van der Waals surface area (Å²) in [6.07, 6.45) is 2.46. The molecule has 2 aromatic rings.